The summed E-state index contributed by atoms with van der Waals surface area (Å²) in [4.78, 5) is 8.86. The fourth-order valence-electron chi connectivity index (χ4n) is 2.10. The van der Waals surface area contributed by atoms with E-state index in [1.54, 1.807) is 17.5 Å². The lowest BCUT2D eigenvalue weighted by Crippen LogP contribution is -2.41. The minimum atomic E-state index is -0.431. The molecule has 0 spiro atoms. The molecule has 20 heavy (non-hydrogen) atoms. The predicted molar refractivity (Wildman–Crippen MR) is 79.7 cm³/mol. The number of thiazole rings is 1. The van der Waals surface area contributed by atoms with Gasteiger partial charge in [0.2, 0.25) is 0 Å². The Kier molecular flexibility index (Phi) is 3.04. The Morgan fingerprint density at radius 3 is 2.40 bits per heavy atom. The summed E-state index contributed by atoms with van der Waals surface area (Å²) in [6.45, 7) is 10.1. The summed E-state index contributed by atoms with van der Waals surface area (Å²) in [6.07, 6.45) is 3.73. The Morgan fingerprint density at radius 1 is 1.20 bits per heavy atom. The highest BCUT2D eigenvalue weighted by molar-refractivity contribution is 7.12. The highest BCUT2D eigenvalue weighted by Gasteiger charge is 2.52. The van der Waals surface area contributed by atoms with Crippen LogP contribution in [-0.4, -0.2) is 32.9 Å². The fourth-order valence-corrected chi connectivity index (χ4v) is 2.76. The quantitative estimate of drug-likeness (QED) is 0.793. The van der Waals surface area contributed by atoms with E-state index in [4.69, 9.17) is 9.31 Å². The maximum atomic E-state index is 6.02. The SMILES string of the molecule is Cc1nc(B2OC(C)(C)C(C)(C)O2)cn1-c1nccs1. The Morgan fingerprint density at radius 2 is 1.85 bits per heavy atom. The number of nitrogens with zero attached hydrogens (tertiary/aromatic N) is 3. The molecule has 2 aromatic heterocycles. The van der Waals surface area contributed by atoms with Crippen LogP contribution in [0.1, 0.15) is 33.5 Å². The molecule has 0 aliphatic carbocycles. The monoisotopic (exact) mass is 291 g/mol. The third-order valence-electron chi connectivity index (χ3n) is 4.02. The molecule has 1 saturated heterocycles. The van der Waals surface area contributed by atoms with Gasteiger partial charge >= 0.3 is 7.12 Å². The van der Waals surface area contributed by atoms with Gasteiger partial charge in [0.15, 0.2) is 5.13 Å². The molecule has 0 atom stereocenters. The molecule has 0 radical (unpaired) electrons. The molecule has 0 N–H and O–H groups in total. The van der Waals surface area contributed by atoms with Crippen LogP contribution in [-0.2, 0) is 9.31 Å². The zero-order valence-corrected chi connectivity index (χ0v) is 13.2. The van der Waals surface area contributed by atoms with Crippen LogP contribution >= 0.6 is 11.3 Å². The number of aromatic nitrogens is 3. The highest BCUT2D eigenvalue weighted by Crippen LogP contribution is 2.36. The average Bonchev–Trinajstić information content (AvgIpc) is 2.98. The first-order valence-corrected chi connectivity index (χ1v) is 7.49. The largest absolute Gasteiger partial charge is 0.516 e. The van der Waals surface area contributed by atoms with Gasteiger partial charge in [-0.3, -0.25) is 4.57 Å². The smallest absolute Gasteiger partial charge is 0.398 e. The molecule has 3 rings (SSSR count). The van der Waals surface area contributed by atoms with Crippen LogP contribution in [0.25, 0.3) is 5.13 Å². The van der Waals surface area contributed by atoms with Crippen molar-refractivity contribution in [1.29, 1.82) is 0 Å². The number of hydrogen-bond donors (Lipinski definition) is 0. The van der Waals surface area contributed by atoms with E-state index in [9.17, 15) is 0 Å². The minimum Gasteiger partial charge on any atom is -0.398 e. The van der Waals surface area contributed by atoms with Crippen molar-refractivity contribution in [2.45, 2.75) is 45.8 Å². The van der Waals surface area contributed by atoms with Crippen molar-refractivity contribution in [3.05, 3.63) is 23.6 Å². The van der Waals surface area contributed by atoms with Crippen LogP contribution in [0, 0.1) is 6.92 Å². The molecule has 0 bridgehead atoms. The zero-order chi connectivity index (χ0) is 14.5. The van der Waals surface area contributed by atoms with Crippen molar-refractivity contribution < 1.29 is 9.31 Å². The van der Waals surface area contributed by atoms with Gasteiger partial charge in [0.1, 0.15) is 5.82 Å². The summed E-state index contributed by atoms with van der Waals surface area (Å²) in [7, 11) is -0.431. The second-order valence-electron chi connectivity index (χ2n) is 5.99. The minimum absolute atomic E-state index is 0.351. The Balaban J connectivity index is 1.92. The topological polar surface area (TPSA) is 49.2 Å². The van der Waals surface area contributed by atoms with E-state index in [-0.39, 0.29) is 11.2 Å². The average molecular weight is 291 g/mol. The van der Waals surface area contributed by atoms with E-state index in [0.717, 1.165) is 16.5 Å². The van der Waals surface area contributed by atoms with Gasteiger partial charge in [-0.1, -0.05) is 0 Å². The molecule has 0 saturated carbocycles. The standard InChI is InChI=1S/C13H18BN3O2S/c1-9-16-10(8-17(9)11-15-6-7-20-11)14-18-12(2,3)13(4,5)19-14/h6-8H,1-5H3. The molecule has 0 amide bonds. The summed E-state index contributed by atoms with van der Waals surface area (Å²) < 4.78 is 14.0. The summed E-state index contributed by atoms with van der Waals surface area (Å²) in [6, 6.07) is 0. The lowest BCUT2D eigenvalue weighted by atomic mass is 9.86. The lowest BCUT2D eigenvalue weighted by Gasteiger charge is -2.32. The lowest BCUT2D eigenvalue weighted by molar-refractivity contribution is 0.00578. The first-order valence-electron chi connectivity index (χ1n) is 6.61. The molecule has 0 unspecified atom stereocenters. The van der Waals surface area contributed by atoms with Gasteiger partial charge < -0.3 is 9.31 Å². The molecule has 106 valence electrons. The molecule has 1 aliphatic rings. The number of imidazole rings is 1. The van der Waals surface area contributed by atoms with E-state index >= 15 is 0 Å². The van der Waals surface area contributed by atoms with E-state index in [1.165, 1.54) is 0 Å². The third kappa shape index (κ3) is 2.10. The molecule has 7 heteroatoms. The van der Waals surface area contributed by atoms with Gasteiger partial charge in [-0.05, 0) is 34.6 Å². The second kappa shape index (κ2) is 4.41. The fraction of sp³-hybridized carbons (Fsp3) is 0.538. The number of rotatable bonds is 2. The zero-order valence-electron chi connectivity index (χ0n) is 12.4. The van der Waals surface area contributed by atoms with E-state index in [1.807, 2.05) is 50.8 Å². The molecule has 2 aromatic rings. The summed E-state index contributed by atoms with van der Waals surface area (Å²) in [5.41, 5.74) is 0.0870. The first-order chi connectivity index (χ1) is 9.30. The maximum Gasteiger partial charge on any atom is 0.516 e. The van der Waals surface area contributed by atoms with E-state index in [2.05, 4.69) is 9.97 Å². The Hall–Kier alpha value is -1.18. The maximum absolute atomic E-state index is 6.02. The molecule has 1 fully saturated rings. The normalized spacial score (nSPS) is 20.6. The van der Waals surface area contributed by atoms with Crippen LogP contribution in [0.3, 0.4) is 0 Å². The summed E-state index contributed by atoms with van der Waals surface area (Å²) in [5.74, 6) is 0.879. The molecule has 0 aromatic carbocycles. The Labute approximate surface area is 123 Å². The number of hydrogen-bond acceptors (Lipinski definition) is 5. The van der Waals surface area contributed by atoms with Gasteiger partial charge in [-0.15, -0.1) is 11.3 Å². The Bertz CT molecular complexity index is 606. The van der Waals surface area contributed by atoms with Crippen LogP contribution in [0.5, 0.6) is 0 Å². The highest BCUT2D eigenvalue weighted by atomic mass is 32.1. The van der Waals surface area contributed by atoms with Crippen LogP contribution < -0.4 is 5.59 Å². The molecular formula is C13H18BN3O2S. The van der Waals surface area contributed by atoms with Crippen molar-refractivity contribution >= 4 is 24.0 Å². The van der Waals surface area contributed by atoms with Gasteiger partial charge in [-0.25, -0.2) is 9.97 Å². The number of aryl methyl sites for hydroxylation is 1. The van der Waals surface area contributed by atoms with E-state index in [0.29, 0.717) is 0 Å². The summed E-state index contributed by atoms with van der Waals surface area (Å²) in [5, 5.41) is 2.85. The van der Waals surface area contributed by atoms with Gasteiger partial charge in [0.25, 0.3) is 0 Å². The van der Waals surface area contributed by atoms with Gasteiger partial charge in [0, 0.05) is 17.8 Å². The van der Waals surface area contributed by atoms with E-state index < -0.39 is 7.12 Å². The van der Waals surface area contributed by atoms with Gasteiger partial charge in [-0.2, -0.15) is 0 Å². The van der Waals surface area contributed by atoms with Crippen LogP contribution in [0.4, 0.5) is 0 Å². The first kappa shape index (κ1) is 13.8. The van der Waals surface area contributed by atoms with Crippen molar-refractivity contribution in [2.75, 3.05) is 0 Å². The molecular weight excluding hydrogens is 273 g/mol. The molecule has 5 nitrogen and oxygen atoms in total. The van der Waals surface area contributed by atoms with Gasteiger partial charge in [0.05, 0.1) is 16.8 Å². The third-order valence-corrected chi connectivity index (χ3v) is 4.79. The van der Waals surface area contributed by atoms with Crippen molar-refractivity contribution in [2.24, 2.45) is 0 Å². The second-order valence-corrected chi connectivity index (χ2v) is 6.86. The molecule has 3 heterocycles. The van der Waals surface area contributed by atoms with Crippen molar-refractivity contribution in [3.63, 3.8) is 0 Å². The molecule has 1 aliphatic heterocycles. The summed E-state index contributed by atoms with van der Waals surface area (Å²) >= 11 is 1.58. The van der Waals surface area contributed by atoms with Crippen LogP contribution in [0.15, 0.2) is 17.8 Å². The van der Waals surface area contributed by atoms with Crippen LogP contribution in [0.2, 0.25) is 0 Å². The predicted octanol–water partition coefficient (Wildman–Crippen LogP) is 1.94. The van der Waals surface area contributed by atoms with Crippen molar-refractivity contribution in [3.8, 4) is 5.13 Å². The van der Waals surface area contributed by atoms with Crippen molar-refractivity contribution in [1.82, 2.24) is 14.5 Å².